The number of benzene rings is 2. The molecular weight excluding hydrogens is 388 g/mol. The first-order valence-electron chi connectivity index (χ1n) is 8.98. The molecule has 1 amide bonds. The average molecular weight is 410 g/mol. The van der Waals surface area contributed by atoms with Crippen LogP contribution in [0.25, 0.3) is 0 Å². The van der Waals surface area contributed by atoms with E-state index in [9.17, 15) is 13.2 Å². The van der Waals surface area contributed by atoms with Crippen molar-refractivity contribution in [1.29, 1.82) is 0 Å². The molecule has 0 saturated heterocycles. The van der Waals surface area contributed by atoms with Gasteiger partial charge in [0.05, 0.1) is 4.90 Å². The number of aryl methyl sites for hydroxylation is 1. The van der Waals surface area contributed by atoms with Crippen LogP contribution in [0, 0.1) is 6.92 Å². The lowest BCUT2D eigenvalue weighted by Crippen LogP contribution is -2.32. The van der Waals surface area contributed by atoms with Gasteiger partial charge in [-0.15, -0.1) is 0 Å². The Morgan fingerprint density at radius 3 is 2.41 bits per heavy atom. The first-order chi connectivity index (χ1) is 13.8. The zero-order valence-electron chi connectivity index (χ0n) is 15.9. The number of amides is 1. The van der Waals surface area contributed by atoms with Crippen LogP contribution in [0.4, 0.5) is 5.69 Å². The highest BCUT2D eigenvalue weighted by Gasteiger charge is 2.16. The van der Waals surface area contributed by atoms with E-state index < -0.39 is 16.1 Å². The van der Waals surface area contributed by atoms with Crippen LogP contribution in [0.3, 0.4) is 0 Å². The second-order valence-electron chi connectivity index (χ2n) is 6.59. The highest BCUT2D eigenvalue weighted by molar-refractivity contribution is 7.89. The number of pyridine rings is 1. The first-order valence-corrected chi connectivity index (χ1v) is 10.5. The molecule has 0 aliphatic carbocycles. The molecule has 0 saturated carbocycles. The molecule has 0 spiro atoms. The molecule has 150 valence electrons. The number of aromatic nitrogens is 1. The van der Waals surface area contributed by atoms with Crippen molar-refractivity contribution in [1.82, 2.24) is 9.71 Å². The molecule has 1 aromatic heterocycles. The Morgan fingerprint density at radius 2 is 1.76 bits per heavy atom. The van der Waals surface area contributed by atoms with Crippen molar-refractivity contribution >= 4 is 21.6 Å². The van der Waals surface area contributed by atoms with Gasteiger partial charge >= 0.3 is 0 Å². The van der Waals surface area contributed by atoms with E-state index in [2.05, 4.69) is 15.0 Å². The molecule has 0 fully saturated rings. The average Bonchev–Trinajstić information content (AvgIpc) is 2.73. The monoisotopic (exact) mass is 410 g/mol. The Morgan fingerprint density at radius 1 is 1.07 bits per heavy atom. The minimum absolute atomic E-state index is 0.0405. The Bertz CT molecular complexity index is 1080. The Balaban J connectivity index is 1.61. The van der Waals surface area contributed by atoms with Crippen molar-refractivity contribution < 1.29 is 13.2 Å². The summed E-state index contributed by atoms with van der Waals surface area (Å²) in [5, 5.41) is 2.77. The fraction of sp³-hybridized carbons (Fsp3) is 0.143. The van der Waals surface area contributed by atoms with E-state index in [1.54, 1.807) is 60.9 Å². The minimum atomic E-state index is -3.64. The molecule has 1 heterocycles. The lowest BCUT2D eigenvalue weighted by Gasteiger charge is -2.14. The summed E-state index contributed by atoms with van der Waals surface area (Å²) >= 11 is 0. The fourth-order valence-electron chi connectivity index (χ4n) is 2.70. The zero-order valence-corrected chi connectivity index (χ0v) is 16.7. The van der Waals surface area contributed by atoms with Crippen molar-refractivity contribution in [2.75, 3.05) is 11.9 Å². The third kappa shape index (κ3) is 5.47. The summed E-state index contributed by atoms with van der Waals surface area (Å²) < 4.78 is 27.4. The lowest BCUT2D eigenvalue weighted by molar-refractivity contribution is 0.102. The molecular formula is C21H22N4O3S. The largest absolute Gasteiger partial charge is 0.323 e. The minimum Gasteiger partial charge on any atom is -0.323 e. The quantitative estimate of drug-likeness (QED) is 0.554. The van der Waals surface area contributed by atoms with Crippen LogP contribution in [-0.2, 0) is 10.0 Å². The van der Waals surface area contributed by atoms with Gasteiger partial charge in [0, 0.05) is 36.2 Å². The Kier molecular flexibility index (Phi) is 6.38. The van der Waals surface area contributed by atoms with Gasteiger partial charge in [0.25, 0.3) is 5.91 Å². The molecule has 0 aliphatic rings. The van der Waals surface area contributed by atoms with Gasteiger partial charge in [0.15, 0.2) is 0 Å². The van der Waals surface area contributed by atoms with Crippen LogP contribution in [-0.4, -0.2) is 25.9 Å². The second-order valence-corrected chi connectivity index (χ2v) is 8.35. The molecule has 0 bridgehead atoms. The fourth-order valence-corrected chi connectivity index (χ4v) is 3.87. The Labute approximate surface area is 170 Å². The normalized spacial score (nSPS) is 12.3. The maximum Gasteiger partial charge on any atom is 0.255 e. The number of nitrogens with one attached hydrogen (secondary N) is 2. The van der Waals surface area contributed by atoms with Crippen molar-refractivity contribution in [3.8, 4) is 0 Å². The number of hydrogen-bond acceptors (Lipinski definition) is 5. The van der Waals surface area contributed by atoms with E-state index in [1.165, 1.54) is 6.07 Å². The SMILES string of the molecule is Cc1cccc(S(=O)(=O)NCC(N)c2ccc(C(=O)Nc3ccncc3)cc2)c1. The molecule has 1 unspecified atom stereocenters. The summed E-state index contributed by atoms with van der Waals surface area (Å²) in [6.45, 7) is 1.87. The van der Waals surface area contributed by atoms with Crippen LogP contribution < -0.4 is 15.8 Å². The Hall–Kier alpha value is -3.07. The maximum atomic E-state index is 12.4. The van der Waals surface area contributed by atoms with Crippen LogP contribution in [0.15, 0.2) is 78.0 Å². The summed E-state index contributed by atoms with van der Waals surface area (Å²) in [4.78, 5) is 16.4. The first kappa shape index (κ1) is 20.7. The number of nitrogens with zero attached hydrogens (tertiary/aromatic N) is 1. The number of nitrogens with two attached hydrogens (primary N) is 1. The molecule has 0 aliphatic heterocycles. The predicted molar refractivity (Wildman–Crippen MR) is 112 cm³/mol. The molecule has 0 radical (unpaired) electrons. The van der Waals surface area contributed by atoms with Gasteiger partial charge in [-0.25, -0.2) is 13.1 Å². The van der Waals surface area contributed by atoms with E-state index in [-0.39, 0.29) is 17.3 Å². The molecule has 29 heavy (non-hydrogen) atoms. The zero-order chi connectivity index (χ0) is 20.9. The molecule has 3 rings (SSSR count). The van der Waals surface area contributed by atoms with Gasteiger partial charge in [0.2, 0.25) is 10.0 Å². The highest BCUT2D eigenvalue weighted by Crippen LogP contribution is 2.15. The third-order valence-electron chi connectivity index (χ3n) is 4.33. The van der Waals surface area contributed by atoms with E-state index >= 15 is 0 Å². The van der Waals surface area contributed by atoms with Gasteiger partial charge < -0.3 is 11.1 Å². The van der Waals surface area contributed by atoms with Crippen molar-refractivity contribution in [2.45, 2.75) is 17.9 Å². The molecule has 3 aromatic rings. The van der Waals surface area contributed by atoms with Gasteiger partial charge in [-0.1, -0.05) is 24.3 Å². The van der Waals surface area contributed by atoms with E-state index in [0.29, 0.717) is 11.3 Å². The highest BCUT2D eigenvalue weighted by atomic mass is 32.2. The molecule has 8 heteroatoms. The number of carbonyl (C=O) groups is 1. The van der Waals surface area contributed by atoms with Gasteiger partial charge in [-0.05, 0) is 54.4 Å². The van der Waals surface area contributed by atoms with Crippen LogP contribution in [0.1, 0.15) is 27.5 Å². The maximum absolute atomic E-state index is 12.4. The number of carbonyl (C=O) groups excluding carboxylic acids is 1. The van der Waals surface area contributed by atoms with Crippen LogP contribution in [0.5, 0.6) is 0 Å². The summed E-state index contributed by atoms with van der Waals surface area (Å²) in [6, 6.07) is 16.2. The predicted octanol–water partition coefficient (Wildman–Crippen LogP) is 2.62. The molecule has 4 N–H and O–H groups in total. The lowest BCUT2D eigenvalue weighted by atomic mass is 10.1. The van der Waals surface area contributed by atoms with Crippen LogP contribution in [0.2, 0.25) is 0 Å². The summed E-state index contributed by atoms with van der Waals surface area (Å²) in [6.07, 6.45) is 3.19. The van der Waals surface area contributed by atoms with Crippen molar-refractivity contribution in [2.24, 2.45) is 5.73 Å². The van der Waals surface area contributed by atoms with E-state index in [0.717, 1.165) is 11.1 Å². The van der Waals surface area contributed by atoms with Gasteiger partial charge in [-0.3, -0.25) is 9.78 Å². The smallest absolute Gasteiger partial charge is 0.255 e. The van der Waals surface area contributed by atoms with Crippen molar-refractivity contribution in [3.05, 3.63) is 89.7 Å². The van der Waals surface area contributed by atoms with Gasteiger partial charge in [-0.2, -0.15) is 0 Å². The second kappa shape index (κ2) is 8.95. The van der Waals surface area contributed by atoms with Crippen molar-refractivity contribution in [3.63, 3.8) is 0 Å². The standard InChI is InChI=1S/C21H22N4O3S/c1-15-3-2-4-19(13-15)29(27,28)24-14-20(22)16-5-7-17(8-6-16)21(26)25-18-9-11-23-12-10-18/h2-13,20,24H,14,22H2,1H3,(H,23,25,26). The third-order valence-corrected chi connectivity index (χ3v) is 5.75. The number of anilines is 1. The topological polar surface area (TPSA) is 114 Å². The molecule has 1 atom stereocenters. The van der Waals surface area contributed by atoms with Crippen LogP contribution >= 0.6 is 0 Å². The molecule has 2 aromatic carbocycles. The van der Waals surface area contributed by atoms with E-state index in [4.69, 9.17) is 5.73 Å². The summed E-state index contributed by atoms with van der Waals surface area (Å²) in [5.41, 5.74) is 8.82. The summed E-state index contributed by atoms with van der Waals surface area (Å²) in [7, 11) is -3.64. The number of sulfonamides is 1. The number of hydrogen-bond donors (Lipinski definition) is 3. The molecule has 7 nitrogen and oxygen atoms in total. The van der Waals surface area contributed by atoms with Gasteiger partial charge in [0.1, 0.15) is 0 Å². The summed E-state index contributed by atoms with van der Waals surface area (Å²) in [5.74, 6) is -0.253. The number of rotatable bonds is 7. The van der Waals surface area contributed by atoms with E-state index in [1.807, 2.05) is 13.0 Å².